The van der Waals surface area contributed by atoms with Crippen LogP contribution in [0, 0.1) is 0 Å². The normalized spacial score (nSPS) is 42.8. The predicted molar refractivity (Wildman–Crippen MR) is 67.1 cm³/mol. The average Bonchev–Trinajstić information content (AvgIpc) is 2.74. The summed E-state index contributed by atoms with van der Waals surface area (Å²) in [5, 5.41) is 6.92. The van der Waals surface area contributed by atoms with E-state index in [1.807, 2.05) is 0 Å². The Morgan fingerprint density at radius 1 is 1.41 bits per heavy atom. The molecule has 2 unspecified atom stereocenters. The zero-order valence-electron chi connectivity index (χ0n) is 9.40. The highest BCUT2D eigenvalue weighted by atomic mass is 35.5. The van der Waals surface area contributed by atoms with Gasteiger partial charge in [-0.05, 0) is 30.9 Å². The molecule has 3 aliphatic heterocycles. The van der Waals surface area contributed by atoms with Crippen LogP contribution in [0.25, 0.3) is 0 Å². The quantitative estimate of drug-likeness (QED) is 0.551. The van der Waals surface area contributed by atoms with Crippen molar-refractivity contribution in [3.05, 3.63) is 0 Å². The first-order valence-electron chi connectivity index (χ1n) is 6.00. The van der Waals surface area contributed by atoms with E-state index in [1.165, 1.54) is 6.42 Å². The molecule has 0 aromatic carbocycles. The molecule has 0 aromatic heterocycles. The lowest BCUT2D eigenvalue weighted by atomic mass is 10.1. The lowest BCUT2D eigenvalue weighted by Crippen LogP contribution is -2.58. The highest BCUT2D eigenvalue weighted by Gasteiger charge is 2.44. The third-order valence-corrected chi connectivity index (χ3v) is 4.11. The summed E-state index contributed by atoms with van der Waals surface area (Å²) in [7, 11) is 0. The van der Waals surface area contributed by atoms with E-state index in [1.54, 1.807) is 0 Å². The zero-order chi connectivity index (χ0) is 11.8. The van der Waals surface area contributed by atoms with Gasteiger partial charge < -0.3 is 10.1 Å². The minimum atomic E-state index is -0.317. The minimum absolute atomic E-state index is 0.0746. The molecular formula is C10H16Cl2N4O. The van der Waals surface area contributed by atoms with Gasteiger partial charge in [0.2, 0.25) is 0 Å². The molecule has 4 atom stereocenters. The lowest BCUT2D eigenvalue weighted by Gasteiger charge is -2.37. The van der Waals surface area contributed by atoms with E-state index in [4.69, 9.17) is 27.9 Å². The summed E-state index contributed by atoms with van der Waals surface area (Å²) >= 11 is 12.1. The molecule has 2 saturated heterocycles. The zero-order valence-corrected chi connectivity index (χ0v) is 10.9. The molecule has 0 bridgehead atoms. The van der Waals surface area contributed by atoms with Gasteiger partial charge in [-0.15, -0.1) is 0 Å². The van der Waals surface area contributed by atoms with E-state index in [-0.39, 0.29) is 23.9 Å². The summed E-state index contributed by atoms with van der Waals surface area (Å²) in [5.74, 6) is 0. The van der Waals surface area contributed by atoms with Crippen molar-refractivity contribution in [2.45, 2.75) is 43.2 Å². The highest BCUT2D eigenvalue weighted by molar-refractivity contribution is 6.65. The van der Waals surface area contributed by atoms with Crippen LogP contribution in [0.1, 0.15) is 19.3 Å². The van der Waals surface area contributed by atoms with E-state index in [2.05, 4.69) is 20.5 Å². The summed E-state index contributed by atoms with van der Waals surface area (Å²) in [5.41, 5.74) is -0.317. The third-order valence-electron chi connectivity index (χ3n) is 3.53. The monoisotopic (exact) mass is 278 g/mol. The van der Waals surface area contributed by atoms with E-state index in [0.29, 0.717) is 5.29 Å². The van der Waals surface area contributed by atoms with Gasteiger partial charge in [-0.1, -0.05) is 11.6 Å². The summed E-state index contributed by atoms with van der Waals surface area (Å²) in [4.78, 5) is 6.36. The Balaban J connectivity index is 1.73. The molecule has 0 aliphatic carbocycles. The van der Waals surface area contributed by atoms with Crippen LogP contribution in [0.4, 0.5) is 0 Å². The number of ether oxygens (including phenoxy) is 1. The van der Waals surface area contributed by atoms with Gasteiger partial charge in [0.15, 0.2) is 5.29 Å². The highest BCUT2D eigenvalue weighted by Crippen LogP contribution is 2.27. The summed E-state index contributed by atoms with van der Waals surface area (Å²) < 4.78 is 5.80. The Morgan fingerprint density at radius 2 is 2.29 bits per heavy atom. The van der Waals surface area contributed by atoms with Crippen molar-refractivity contribution < 1.29 is 4.74 Å². The van der Waals surface area contributed by atoms with Crippen molar-refractivity contribution in [2.75, 3.05) is 13.3 Å². The second-order valence-corrected chi connectivity index (χ2v) is 5.41. The summed E-state index contributed by atoms with van der Waals surface area (Å²) in [6.07, 6.45) is 3.66. The second-order valence-electron chi connectivity index (χ2n) is 4.61. The van der Waals surface area contributed by atoms with Crippen LogP contribution in [-0.4, -0.2) is 47.4 Å². The van der Waals surface area contributed by atoms with Gasteiger partial charge >= 0.3 is 0 Å². The van der Waals surface area contributed by atoms with Crippen molar-refractivity contribution in [1.29, 1.82) is 0 Å². The first-order valence-corrected chi connectivity index (χ1v) is 6.82. The van der Waals surface area contributed by atoms with Crippen molar-refractivity contribution >= 4 is 28.5 Å². The van der Waals surface area contributed by atoms with Crippen LogP contribution >= 0.6 is 23.2 Å². The molecule has 3 aliphatic rings. The molecule has 0 spiro atoms. The maximum absolute atomic E-state index is 6.17. The third kappa shape index (κ3) is 2.27. The van der Waals surface area contributed by atoms with Crippen LogP contribution in [-0.2, 0) is 4.74 Å². The molecule has 96 valence electrons. The van der Waals surface area contributed by atoms with Crippen molar-refractivity contribution in [3.8, 4) is 0 Å². The van der Waals surface area contributed by atoms with Gasteiger partial charge in [0, 0.05) is 6.61 Å². The molecule has 0 radical (unpaired) electrons. The van der Waals surface area contributed by atoms with E-state index < -0.39 is 0 Å². The standard InChI is InChI=1S/C10H16Cl2N4O/c11-8-7-9(15-10(12)14-8)16(5-13-7)6-3-1-2-4-17-6/h6-9,13H,1-5H2,(H,14,15)/t6?,7-,8?,9-/m1/s1. The Labute approximate surface area is 110 Å². The number of hydrogen-bond donors (Lipinski definition) is 2. The maximum atomic E-state index is 6.17. The lowest BCUT2D eigenvalue weighted by molar-refractivity contribution is -0.0946. The minimum Gasteiger partial charge on any atom is -0.363 e. The Morgan fingerprint density at radius 3 is 3.06 bits per heavy atom. The second kappa shape index (κ2) is 4.90. The number of amidine groups is 1. The molecule has 5 nitrogen and oxygen atoms in total. The molecule has 7 heteroatoms. The number of fused-ring (bicyclic) bond motifs is 1. The van der Waals surface area contributed by atoms with Crippen LogP contribution in [0.15, 0.2) is 4.99 Å². The molecule has 17 heavy (non-hydrogen) atoms. The number of hydrogen-bond acceptors (Lipinski definition) is 5. The molecule has 3 heterocycles. The SMILES string of the molecule is ClC1=NC(Cl)[C@H]2NCN(C3CCCCO3)[C@H]2N1. The van der Waals surface area contributed by atoms with Gasteiger partial charge in [0.25, 0.3) is 0 Å². The van der Waals surface area contributed by atoms with Gasteiger partial charge in [-0.25, -0.2) is 9.89 Å². The molecule has 0 amide bonds. The fourth-order valence-electron chi connectivity index (χ4n) is 2.66. The number of alkyl halides is 1. The van der Waals surface area contributed by atoms with Crippen LogP contribution in [0.2, 0.25) is 0 Å². The fourth-order valence-corrected chi connectivity index (χ4v) is 3.25. The molecule has 2 N–H and O–H groups in total. The van der Waals surface area contributed by atoms with Crippen LogP contribution in [0.5, 0.6) is 0 Å². The molecular weight excluding hydrogens is 263 g/mol. The average molecular weight is 279 g/mol. The largest absolute Gasteiger partial charge is 0.363 e. The van der Waals surface area contributed by atoms with Gasteiger partial charge in [-0.2, -0.15) is 0 Å². The van der Waals surface area contributed by atoms with E-state index >= 15 is 0 Å². The Kier molecular flexibility index (Phi) is 3.45. The molecule has 0 aromatic rings. The molecule has 3 rings (SSSR count). The van der Waals surface area contributed by atoms with E-state index in [9.17, 15) is 0 Å². The summed E-state index contributed by atoms with van der Waals surface area (Å²) in [6.45, 7) is 1.60. The Hall–Kier alpha value is -0.0700. The fraction of sp³-hybridized carbons (Fsp3) is 0.900. The van der Waals surface area contributed by atoms with E-state index in [0.717, 1.165) is 26.1 Å². The number of aliphatic imine (C=N–C) groups is 1. The summed E-state index contributed by atoms with van der Waals surface area (Å²) in [6, 6.07) is 0.0877. The number of halogens is 2. The Bertz CT molecular complexity index is 321. The number of rotatable bonds is 1. The topological polar surface area (TPSA) is 48.9 Å². The first kappa shape index (κ1) is 12.0. The van der Waals surface area contributed by atoms with Gasteiger partial charge in [0.05, 0.1) is 12.7 Å². The van der Waals surface area contributed by atoms with Crippen LogP contribution in [0.3, 0.4) is 0 Å². The number of nitrogens with zero attached hydrogens (tertiary/aromatic N) is 2. The van der Waals surface area contributed by atoms with Gasteiger partial charge in [-0.3, -0.25) is 5.32 Å². The van der Waals surface area contributed by atoms with Crippen molar-refractivity contribution in [3.63, 3.8) is 0 Å². The molecule has 0 saturated carbocycles. The predicted octanol–water partition coefficient (Wildman–Crippen LogP) is 0.833. The van der Waals surface area contributed by atoms with Crippen LogP contribution < -0.4 is 10.6 Å². The maximum Gasteiger partial charge on any atom is 0.194 e. The molecule has 2 fully saturated rings. The van der Waals surface area contributed by atoms with Gasteiger partial charge in [0.1, 0.15) is 17.9 Å². The smallest absolute Gasteiger partial charge is 0.194 e. The number of nitrogens with one attached hydrogen (secondary N) is 2. The van der Waals surface area contributed by atoms with Crippen molar-refractivity contribution in [1.82, 2.24) is 15.5 Å². The van der Waals surface area contributed by atoms with Crippen molar-refractivity contribution in [2.24, 2.45) is 4.99 Å². The first-order chi connectivity index (χ1) is 8.25.